The van der Waals surface area contributed by atoms with Crippen LogP contribution in [0.2, 0.25) is 0 Å². The number of hydrogen-bond acceptors (Lipinski definition) is 3. The van der Waals surface area contributed by atoms with Gasteiger partial charge in [0, 0.05) is 24.5 Å². The first-order chi connectivity index (χ1) is 13.4. The van der Waals surface area contributed by atoms with Crippen LogP contribution in [-0.2, 0) is 6.54 Å². The monoisotopic (exact) mass is 381 g/mol. The lowest BCUT2D eigenvalue weighted by Gasteiger charge is -2.46. The summed E-state index contributed by atoms with van der Waals surface area (Å²) < 4.78 is 1.47. The molecule has 1 aliphatic rings. The van der Waals surface area contributed by atoms with Crippen molar-refractivity contribution in [1.82, 2.24) is 14.7 Å². The molecular formula is C23H31N3O2. The molecule has 1 amide bonds. The molecule has 150 valence electrons. The summed E-state index contributed by atoms with van der Waals surface area (Å²) in [5, 5.41) is 5.75. The van der Waals surface area contributed by atoms with Crippen LogP contribution in [-0.4, -0.2) is 33.2 Å². The molecule has 0 saturated carbocycles. The van der Waals surface area contributed by atoms with Crippen LogP contribution >= 0.6 is 0 Å². The molecular weight excluding hydrogens is 350 g/mol. The average molecular weight is 382 g/mol. The molecule has 0 aliphatic carbocycles. The van der Waals surface area contributed by atoms with Gasteiger partial charge in [-0.3, -0.25) is 9.59 Å². The number of nitrogens with zero attached hydrogens (tertiary/aromatic N) is 3. The van der Waals surface area contributed by atoms with Crippen molar-refractivity contribution in [1.29, 1.82) is 0 Å². The number of carbonyl (C=O) groups is 1. The molecule has 1 aromatic heterocycles. The number of aromatic nitrogens is 2. The van der Waals surface area contributed by atoms with Crippen LogP contribution in [0.25, 0.3) is 10.8 Å². The Morgan fingerprint density at radius 2 is 2.04 bits per heavy atom. The molecule has 28 heavy (non-hydrogen) atoms. The molecule has 0 N–H and O–H groups in total. The number of likely N-dealkylation sites (tertiary alicyclic amines) is 1. The quantitative estimate of drug-likeness (QED) is 0.697. The lowest BCUT2D eigenvalue weighted by Crippen LogP contribution is -2.52. The lowest BCUT2D eigenvalue weighted by molar-refractivity contribution is 0.0282. The molecule has 1 aliphatic heterocycles. The van der Waals surface area contributed by atoms with Crippen molar-refractivity contribution in [2.75, 3.05) is 6.54 Å². The zero-order chi connectivity index (χ0) is 20.3. The fourth-order valence-electron chi connectivity index (χ4n) is 4.29. The molecule has 1 saturated heterocycles. The fourth-order valence-corrected chi connectivity index (χ4v) is 4.29. The van der Waals surface area contributed by atoms with E-state index in [9.17, 15) is 9.59 Å². The minimum absolute atomic E-state index is 0.0224. The molecule has 1 atom stereocenters. The van der Waals surface area contributed by atoms with Gasteiger partial charge in [-0.25, -0.2) is 4.68 Å². The Morgan fingerprint density at radius 3 is 2.71 bits per heavy atom. The number of aryl methyl sites for hydroxylation is 1. The highest BCUT2D eigenvalue weighted by atomic mass is 16.2. The van der Waals surface area contributed by atoms with Crippen LogP contribution in [0.5, 0.6) is 0 Å². The highest BCUT2D eigenvalue weighted by Crippen LogP contribution is 2.38. The van der Waals surface area contributed by atoms with Crippen LogP contribution in [0.1, 0.15) is 63.4 Å². The van der Waals surface area contributed by atoms with Crippen molar-refractivity contribution < 1.29 is 4.79 Å². The number of carbonyl (C=O) groups excluding carboxylic acids is 1. The van der Waals surface area contributed by atoms with Crippen molar-refractivity contribution in [2.24, 2.45) is 5.41 Å². The maximum absolute atomic E-state index is 13.6. The third-order valence-corrected chi connectivity index (χ3v) is 5.94. The molecule has 0 spiro atoms. The SMILES string of the molecule is C=CCC1N(C(=O)c2nn(CCCC)c(=O)c3ccccc23)CCCC1(C)C. The molecule has 2 aromatic rings. The predicted molar refractivity (Wildman–Crippen MR) is 114 cm³/mol. The van der Waals surface area contributed by atoms with Gasteiger partial charge in [0.05, 0.1) is 5.39 Å². The van der Waals surface area contributed by atoms with Gasteiger partial charge in [-0.05, 0) is 37.2 Å². The topological polar surface area (TPSA) is 55.2 Å². The first-order valence-corrected chi connectivity index (χ1v) is 10.3. The minimum Gasteiger partial charge on any atom is -0.333 e. The second-order valence-electron chi connectivity index (χ2n) is 8.41. The Labute approximate surface area is 167 Å². The third-order valence-electron chi connectivity index (χ3n) is 5.94. The molecule has 1 unspecified atom stereocenters. The van der Waals surface area contributed by atoms with Crippen molar-refractivity contribution in [3.63, 3.8) is 0 Å². The summed E-state index contributed by atoms with van der Waals surface area (Å²) in [5.41, 5.74) is 0.287. The second kappa shape index (κ2) is 8.29. The van der Waals surface area contributed by atoms with E-state index < -0.39 is 0 Å². The highest BCUT2D eigenvalue weighted by molar-refractivity contribution is 6.05. The zero-order valence-electron chi connectivity index (χ0n) is 17.3. The Kier molecular flexibility index (Phi) is 6.01. The summed E-state index contributed by atoms with van der Waals surface area (Å²) in [6.45, 7) is 11.7. The van der Waals surface area contributed by atoms with E-state index in [1.807, 2.05) is 29.2 Å². The van der Waals surface area contributed by atoms with Gasteiger partial charge in [0.15, 0.2) is 5.69 Å². The molecule has 5 heteroatoms. The molecule has 0 radical (unpaired) electrons. The molecule has 1 fully saturated rings. The van der Waals surface area contributed by atoms with Crippen LogP contribution in [0.15, 0.2) is 41.7 Å². The first kappa shape index (κ1) is 20.3. The van der Waals surface area contributed by atoms with Gasteiger partial charge in [-0.2, -0.15) is 5.10 Å². The van der Waals surface area contributed by atoms with Gasteiger partial charge >= 0.3 is 0 Å². The predicted octanol–water partition coefficient (Wildman–Crippen LogP) is 4.40. The average Bonchev–Trinajstić information content (AvgIpc) is 2.68. The van der Waals surface area contributed by atoms with Crippen molar-refractivity contribution in [3.05, 3.63) is 53.0 Å². The van der Waals surface area contributed by atoms with Gasteiger partial charge < -0.3 is 4.90 Å². The summed E-state index contributed by atoms with van der Waals surface area (Å²) >= 11 is 0. The molecule has 2 heterocycles. The van der Waals surface area contributed by atoms with Gasteiger partial charge in [-0.1, -0.05) is 51.5 Å². The number of amides is 1. The number of unbranched alkanes of at least 4 members (excludes halogenated alkanes) is 1. The maximum atomic E-state index is 13.6. The summed E-state index contributed by atoms with van der Waals surface area (Å²) in [6.07, 6.45) is 6.53. The number of fused-ring (bicyclic) bond motifs is 1. The van der Waals surface area contributed by atoms with E-state index in [0.717, 1.165) is 32.1 Å². The summed E-state index contributed by atoms with van der Waals surface area (Å²) in [6, 6.07) is 7.41. The molecule has 3 rings (SSSR count). The van der Waals surface area contributed by atoms with Crippen LogP contribution in [0, 0.1) is 5.41 Å². The van der Waals surface area contributed by atoms with Gasteiger partial charge in [0.2, 0.25) is 0 Å². The summed E-state index contributed by atoms with van der Waals surface area (Å²) in [5.74, 6) is -0.0823. The second-order valence-corrected chi connectivity index (χ2v) is 8.41. The lowest BCUT2D eigenvalue weighted by atomic mass is 9.75. The normalized spacial score (nSPS) is 19.0. The summed E-state index contributed by atoms with van der Waals surface area (Å²) in [7, 11) is 0. The van der Waals surface area contributed by atoms with E-state index >= 15 is 0 Å². The molecule has 5 nitrogen and oxygen atoms in total. The number of piperidine rings is 1. The highest BCUT2D eigenvalue weighted by Gasteiger charge is 2.40. The molecule has 1 aromatic carbocycles. The van der Waals surface area contributed by atoms with Crippen molar-refractivity contribution in [2.45, 2.75) is 65.5 Å². The third kappa shape index (κ3) is 3.75. The van der Waals surface area contributed by atoms with Gasteiger partial charge in [-0.15, -0.1) is 6.58 Å². The number of hydrogen-bond donors (Lipinski definition) is 0. The largest absolute Gasteiger partial charge is 0.333 e. The van der Waals surface area contributed by atoms with Gasteiger partial charge in [0.1, 0.15) is 0 Å². The minimum atomic E-state index is -0.123. The van der Waals surface area contributed by atoms with Crippen LogP contribution in [0.3, 0.4) is 0 Å². The van der Waals surface area contributed by atoms with E-state index in [4.69, 9.17) is 0 Å². The zero-order valence-corrected chi connectivity index (χ0v) is 17.3. The summed E-state index contributed by atoms with van der Waals surface area (Å²) in [4.78, 5) is 28.4. The fraction of sp³-hybridized carbons (Fsp3) is 0.522. The Hall–Kier alpha value is -2.43. The maximum Gasteiger partial charge on any atom is 0.275 e. The Balaban J connectivity index is 2.11. The van der Waals surface area contributed by atoms with Gasteiger partial charge in [0.25, 0.3) is 11.5 Å². The van der Waals surface area contributed by atoms with E-state index in [2.05, 4.69) is 32.4 Å². The van der Waals surface area contributed by atoms with E-state index in [0.29, 0.717) is 29.6 Å². The standard InChI is InChI=1S/C23H31N3O2/c1-5-7-16-26-21(27)18-13-9-8-12-17(18)20(24-26)22(28)25-15-10-14-23(3,4)19(25)11-6-2/h6,8-9,12-13,19H,2,5,7,10-11,14-16H2,1,3-4H3. The number of rotatable bonds is 6. The van der Waals surface area contributed by atoms with Crippen LogP contribution < -0.4 is 5.56 Å². The smallest absolute Gasteiger partial charge is 0.275 e. The van der Waals surface area contributed by atoms with Crippen molar-refractivity contribution in [3.8, 4) is 0 Å². The molecule has 0 bridgehead atoms. The van der Waals surface area contributed by atoms with E-state index in [1.54, 1.807) is 6.07 Å². The van der Waals surface area contributed by atoms with Crippen LogP contribution in [0.4, 0.5) is 0 Å². The van der Waals surface area contributed by atoms with Crippen molar-refractivity contribution >= 4 is 16.7 Å². The Bertz CT molecular complexity index is 929. The first-order valence-electron chi connectivity index (χ1n) is 10.3. The number of benzene rings is 1. The Morgan fingerprint density at radius 1 is 1.32 bits per heavy atom. The van der Waals surface area contributed by atoms with E-state index in [1.165, 1.54) is 4.68 Å². The van der Waals surface area contributed by atoms with E-state index in [-0.39, 0.29) is 22.9 Å².